The van der Waals surface area contributed by atoms with Crippen LogP contribution >= 0.6 is 0 Å². The van der Waals surface area contributed by atoms with Gasteiger partial charge in [-0.15, -0.1) is 6.58 Å². The molecule has 3 fully saturated rings. The van der Waals surface area contributed by atoms with E-state index in [4.69, 9.17) is 42.7 Å². The molecule has 0 radical (unpaired) electrons. The summed E-state index contributed by atoms with van der Waals surface area (Å²) in [6.07, 6.45) is 4.07. The minimum atomic E-state index is -2.14. The van der Waals surface area contributed by atoms with Gasteiger partial charge in [0.05, 0.1) is 39.9 Å². The van der Waals surface area contributed by atoms with Crippen LogP contribution in [-0.4, -0.2) is 90.4 Å². The summed E-state index contributed by atoms with van der Waals surface area (Å²) in [5.74, 6) is -0.311. The molecule has 1 saturated heterocycles. The van der Waals surface area contributed by atoms with E-state index in [1.807, 2.05) is 20.8 Å². The summed E-state index contributed by atoms with van der Waals surface area (Å²) in [5.41, 5.74) is -0.362. The van der Waals surface area contributed by atoms with Crippen LogP contribution in [0.15, 0.2) is 36.4 Å². The van der Waals surface area contributed by atoms with Crippen molar-refractivity contribution in [2.45, 2.75) is 114 Å². The number of carbonyl (C=O) groups excluding carboxylic acids is 1. The number of ether oxygens (including phenoxy) is 8. The third kappa shape index (κ3) is 5.03. The monoisotopic (exact) mass is 701 g/mol. The molecule has 0 unspecified atom stereocenters. The van der Waals surface area contributed by atoms with E-state index in [1.54, 1.807) is 20.3 Å². The molecule has 1 aromatic rings. The van der Waals surface area contributed by atoms with Crippen molar-refractivity contribution in [3.63, 3.8) is 0 Å². The van der Waals surface area contributed by atoms with Crippen molar-refractivity contribution in [3.8, 4) is 5.75 Å². The Labute approximate surface area is 292 Å². The molecule has 2 aliphatic carbocycles. The van der Waals surface area contributed by atoms with Gasteiger partial charge >= 0.3 is 6.09 Å². The lowest BCUT2D eigenvalue weighted by molar-refractivity contribution is -0.313. The number of nitrogens with zero attached hydrogens (tertiary/aromatic N) is 1. The fourth-order valence-electron chi connectivity index (χ4n) is 9.05. The van der Waals surface area contributed by atoms with Crippen molar-refractivity contribution in [2.75, 3.05) is 48.1 Å². The van der Waals surface area contributed by atoms with Gasteiger partial charge in [0, 0.05) is 26.2 Å². The Bertz CT molecular complexity index is 1520. The molecule has 1 aromatic carbocycles. The van der Waals surface area contributed by atoms with E-state index in [2.05, 4.69) is 58.7 Å². The molecule has 11 nitrogen and oxygen atoms in total. The van der Waals surface area contributed by atoms with E-state index in [0.717, 1.165) is 16.9 Å². The maximum Gasteiger partial charge on any atom is 0.434 e. The summed E-state index contributed by atoms with van der Waals surface area (Å²) in [7, 11) is 2.70. The highest BCUT2D eigenvalue weighted by Gasteiger charge is 2.85. The summed E-state index contributed by atoms with van der Waals surface area (Å²) >= 11 is 0. The lowest BCUT2D eigenvalue weighted by atomic mass is 9.55. The maximum absolute atomic E-state index is 13.8. The topological polar surface area (TPSA) is 103 Å². The van der Waals surface area contributed by atoms with Crippen molar-refractivity contribution >= 4 is 19.4 Å². The van der Waals surface area contributed by atoms with Gasteiger partial charge in [-0.05, 0) is 67.1 Å². The first-order valence-electron chi connectivity index (χ1n) is 17.2. The van der Waals surface area contributed by atoms with E-state index >= 15 is 0 Å². The second kappa shape index (κ2) is 12.2. The van der Waals surface area contributed by atoms with E-state index in [0.29, 0.717) is 19.3 Å². The first kappa shape index (κ1) is 36.5. The van der Waals surface area contributed by atoms with Crippen LogP contribution in [0, 0.1) is 5.41 Å². The zero-order chi connectivity index (χ0) is 35.8. The molecule has 49 heavy (non-hydrogen) atoms. The number of benzene rings is 1. The van der Waals surface area contributed by atoms with Crippen molar-refractivity contribution in [2.24, 2.45) is 5.41 Å². The Morgan fingerprint density at radius 2 is 1.76 bits per heavy atom. The van der Waals surface area contributed by atoms with Gasteiger partial charge in [-0.25, -0.2) is 9.63 Å². The zero-order valence-corrected chi connectivity index (χ0v) is 32.2. The number of fused-ring (bicyclic) bond motifs is 5. The van der Waals surface area contributed by atoms with E-state index in [-0.39, 0.29) is 37.9 Å². The van der Waals surface area contributed by atoms with Crippen LogP contribution in [0.4, 0.5) is 4.79 Å². The summed E-state index contributed by atoms with van der Waals surface area (Å²) in [4.78, 5) is 19.8. The Morgan fingerprint density at radius 3 is 2.37 bits per heavy atom. The van der Waals surface area contributed by atoms with Crippen LogP contribution in [-0.2, 0) is 43.6 Å². The van der Waals surface area contributed by atoms with Crippen molar-refractivity contribution < 1.29 is 47.5 Å². The first-order chi connectivity index (χ1) is 22.9. The lowest BCUT2D eigenvalue weighted by Crippen LogP contribution is -2.66. The predicted octanol–water partition coefficient (Wildman–Crippen LogP) is 6.23. The van der Waals surface area contributed by atoms with Crippen LogP contribution in [0.2, 0.25) is 18.1 Å². The van der Waals surface area contributed by atoms with Crippen LogP contribution in [0.25, 0.3) is 0 Å². The van der Waals surface area contributed by atoms with Crippen LogP contribution in [0.5, 0.6) is 5.75 Å². The first-order valence-corrected chi connectivity index (χ1v) is 20.2. The molecular weight excluding hydrogens is 646 g/mol. The fraction of sp³-hybridized carbons (Fsp3) is 0.703. The third-order valence-corrected chi connectivity index (χ3v) is 17.4. The maximum atomic E-state index is 13.8. The van der Waals surface area contributed by atoms with E-state index < -0.39 is 48.3 Å². The number of rotatable bonds is 13. The Hall–Kier alpha value is -2.29. The Balaban J connectivity index is 1.57. The van der Waals surface area contributed by atoms with Crippen molar-refractivity contribution in [3.05, 3.63) is 47.6 Å². The van der Waals surface area contributed by atoms with Crippen LogP contribution < -0.4 is 9.92 Å². The number of carbonyl (C=O) groups is 1. The normalized spacial score (nSPS) is 32.5. The highest BCUT2D eigenvalue weighted by molar-refractivity contribution is 6.93. The smallest absolute Gasteiger partial charge is 0.434 e. The molecule has 2 saturated carbocycles. The van der Waals surface area contributed by atoms with Gasteiger partial charge < -0.3 is 37.9 Å². The quantitative estimate of drug-likeness (QED) is 0.102. The largest absolute Gasteiger partial charge is 0.497 e. The van der Waals surface area contributed by atoms with E-state index in [9.17, 15) is 4.79 Å². The van der Waals surface area contributed by atoms with Gasteiger partial charge in [0.1, 0.15) is 35.4 Å². The predicted molar refractivity (Wildman–Crippen MR) is 185 cm³/mol. The molecule has 6 rings (SSSR count). The molecular formula is C37H55NO10Si. The average molecular weight is 702 g/mol. The number of hydrogen-bond donors (Lipinski definition) is 0. The molecule has 3 heterocycles. The van der Waals surface area contributed by atoms with Gasteiger partial charge in [-0.3, -0.25) is 0 Å². The van der Waals surface area contributed by atoms with Gasteiger partial charge in [0.25, 0.3) is 0 Å². The fourth-order valence-corrected chi connectivity index (χ4v) is 11.6. The minimum absolute atomic E-state index is 0.0176. The molecule has 4 bridgehead atoms. The van der Waals surface area contributed by atoms with Crippen LogP contribution in [0.3, 0.4) is 0 Å². The summed E-state index contributed by atoms with van der Waals surface area (Å²) in [6.45, 7) is 21.4. The summed E-state index contributed by atoms with van der Waals surface area (Å²) in [6, 6.07) is 4.25. The summed E-state index contributed by atoms with van der Waals surface area (Å²) < 4.78 is 50.8. The molecule has 3 aliphatic heterocycles. The zero-order valence-electron chi connectivity index (χ0n) is 31.2. The Kier molecular flexibility index (Phi) is 9.05. The van der Waals surface area contributed by atoms with E-state index in [1.165, 1.54) is 22.9 Å². The lowest BCUT2D eigenvalue weighted by Gasteiger charge is -2.55. The minimum Gasteiger partial charge on any atom is -0.497 e. The van der Waals surface area contributed by atoms with Crippen molar-refractivity contribution in [1.82, 2.24) is 5.06 Å². The molecule has 1 spiro atoms. The molecule has 1 amide bonds. The molecule has 6 atom stereocenters. The number of hydrogen-bond acceptors (Lipinski definition) is 10. The van der Waals surface area contributed by atoms with Crippen LogP contribution in [0.1, 0.15) is 78.0 Å². The SMILES string of the molecule is C=CCO[C@]12CC[C@@]3(OCOC)O[C@H](C[C@]31CN(OCOC)C(=O)OC(C)(C)C)[C@@]13O[C@@H](C=C12)c1c3ccc(OC)c1[Si](C)(C)C(C)(C)C. The molecule has 12 heteroatoms. The second-order valence-electron chi connectivity index (χ2n) is 16.5. The van der Waals surface area contributed by atoms with Gasteiger partial charge in [-0.2, -0.15) is 5.06 Å². The number of amides is 1. The van der Waals surface area contributed by atoms with Gasteiger partial charge in [0.2, 0.25) is 0 Å². The summed E-state index contributed by atoms with van der Waals surface area (Å²) in [5, 5.41) is 2.56. The van der Waals surface area contributed by atoms with Crippen molar-refractivity contribution in [1.29, 1.82) is 0 Å². The number of hydroxylamine groups is 2. The standard InChI is InChI=1S/C37H55NO10Si/c1-13-18-43-35-16-17-36(44-22-40-8)34(35,21-38(45-23-41-9)31(39)48-32(2,3)4)20-28(47-36)37-24-14-15-25(42-10)30(49(11,12)33(5,6)7)29(24)26(46-37)19-27(35)37/h13-15,19,26,28H,1,16-18,20-23H2,2-12H3/t26-,28+,34+,35-,36+,37-/m0/s1. The van der Waals surface area contributed by atoms with Gasteiger partial charge in [-0.1, -0.05) is 46.0 Å². The van der Waals surface area contributed by atoms with Gasteiger partial charge in [0.15, 0.2) is 12.6 Å². The average Bonchev–Trinajstić information content (AvgIpc) is 3.73. The number of methoxy groups -OCH3 is 3. The Morgan fingerprint density at radius 1 is 1.04 bits per heavy atom. The molecule has 5 aliphatic rings. The third-order valence-electron chi connectivity index (χ3n) is 11.9. The molecule has 0 N–H and O–H groups in total. The highest BCUT2D eigenvalue weighted by Crippen LogP contribution is 2.78. The molecule has 272 valence electrons. The molecule has 0 aromatic heterocycles. The second-order valence-corrected chi connectivity index (χ2v) is 21.8. The highest BCUT2D eigenvalue weighted by atomic mass is 28.3.